The number of hydrogen-bond acceptors (Lipinski definition) is 2. The van der Waals surface area contributed by atoms with E-state index < -0.39 is 0 Å². The maximum Gasteiger partial charge on any atom is 0.00224 e. The van der Waals surface area contributed by atoms with Crippen molar-refractivity contribution < 1.29 is 0 Å². The summed E-state index contributed by atoms with van der Waals surface area (Å²) >= 11 is 0. The van der Waals surface area contributed by atoms with Gasteiger partial charge in [-0.05, 0) is 45.4 Å². The predicted octanol–water partition coefficient (Wildman–Crippen LogP) is 0.644. The van der Waals surface area contributed by atoms with Crippen LogP contribution in [0.4, 0.5) is 0 Å². The molecule has 0 aromatic carbocycles. The third kappa shape index (κ3) is 1.74. The Morgan fingerprint density at radius 1 is 1.27 bits per heavy atom. The molecule has 0 aromatic heterocycles. The van der Waals surface area contributed by atoms with Crippen LogP contribution in [0.15, 0.2) is 0 Å². The van der Waals surface area contributed by atoms with Crippen molar-refractivity contribution >= 4 is 0 Å². The first-order chi connectivity index (χ1) is 5.34. The van der Waals surface area contributed by atoms with E-state index in [9.17, 15) is 0 Å². The summed E-state index contributed by atoms with van der Waals surface area (Å²) in [5.41, 5.74) is 0. The van der Waals surface area contributed by atoms with Crippen molar-refractivity contribution in [2.24, 2.45) is 5.92 Å². The van der Waals surface area contributed by atoms with Gasteiger partial charge in [0.2, 0.25) is 0 Å². The van der Waals surface area contributed by atoms with Crippen LogP contribution >= 0.6 is 0 Å². The van der Waals surface area contributed by atoms with Crippen molar-refractivity contribution in [1.82, 2.24) is 9.80 Å². The highest BCUT2D eigenvalue weighted by Gasteiger charge is 2.23. The highest BCUT2D eigenvalue weighted by Crippen LogP contribution is 2.18. The molecular weight excluding hydrogens is 136 g/mol. The maximum absolute atomic E-state index is 2.59. The minimum atomic E-state index is 0.972. The molecule has 0 radical (unpaired) electrons. The zero-order chi connectivity index (χ0) is 7.68. The summed E-state index contributed by atoms with van der Waals surface area (Å²) < 4.78 is 0. The van der Waals surface area contributed by atoms with Gasteiger partial charge >= 0.3 is 0 Å². The van der Waals surface area contributed by atoms with Gasteiger partial charge in [-0.25, -0.2) is 0 Å². The molecular formula is C9H18N2. The van der Waals surface area contributed by atoms with Crippen molar-refractivity contribution in [2.75, 3.05) is 39.8 Å². The lowest BCUT2D eigenvalue weighted by Gasteiger charge is -2.32. The van der Waals surface area contributed by atoms with Crippen LogP contribution in [0.3, 0.4) is 0 Å². The smallest absolute Gasteiger partial charge is 0.00224 e. The van der Waals surface area contributed by atoms with E-state index in [0.717, 1.165) is 5.92 Å². The molecule has 2 heterocycles. The number of hydrogen-bond donors (Lipinski definition) is 0. The Kier molecular flexibility index (Phi) is 2.14. The summed E-state index contributed by atoms with van der Waals surface area (Å²) in [6.07, 6.45) is 2.86. The van der Waals surface area contributed by atoms with E-state index in [1.807, 2.05) is 0 Å². The van der Waals surface area contributed by atoms with Crippen LogP contribution in [-0.4, -0.2) is 49.6 Å². The fraction of sp³-hybridized carbons (Fsp3) is 1.00. The standard InChI is InChI=1S/C9H18N2/c1-10-6-3-9(7-10)8-11-4-2-5-11/h9H,2-8H2,1H3. The molecule has 11 heavy (non-hydrogen) atoms. The Balaban J connectivity index is 1.70. The van der Waals surface area contributed by atoms with Gasteiger partial charge in [0.05, 0.1) is 0 Å². The van der Waals surface area contributed by atoms with E-state index in [0.29, 0.717) is 0 Å². The molecule has 2 nitrogen and oxygen atoms in total. The first-order valence-corrected chi connectivity index (χ1v) is 4.75. The van der Waals surface area contributed by atoms with Gasteiger partial charge in [0.1, 0.15) is 0 Å². The van der Waals surface area contributed by atoms with Crippen LogP contribution in [0.2, 0.25) is 0 Å². The predicted molar refractivity (Wildman–Crippen MR) is 46.7 cm³/mol. The van der Waals surface area contributed by atoms with Crippen molar-refractivity contribution in [3.05, 3.63) is 0 Å². The van der Waals surface area contributed by atoms with E-state index >= 15 is 0 Å². The van der Waals surface area contributed by atoms with Gasteiger partial charge < -0.3 is 9.80 Å². The van der Waals surface area contributed by atoms with Gasteiger partial charge in [-0.2, -0.15) is 0 Å². The summed E-state index contributed by atoms with van der Waals surface area (Å²) in [5, 5.41) is 0. The fourth-order valence-electron chi connectivity index (χ4n) is 2.10. The number of nitrogens with zero attached hydrogens (tertiary/aromatic N) is 2. The van der Waals surface area contributed by atoms with Crippen molar-refractivity contribution in [2.45, 2.75) is 12.8 Å². The summed E-state index contributed by atoms with van der Waals surface area (Å²) in [4.78, 5) is 5.04. The Hall–Kier alpha value is -0.0800. The van der Waals surface area contributed by atoms with Crippen LogP contribution in [-0.2, 0) is 0 Å². The van der Waals surface area contributed by atoms with E-state index in [-0.39, 0.29) is 0 Å². The molecule has 2 fully saturated rings. The van der Waals surface area contributed by atoms with Crippen LogP contribution in [0.1, 0.15) is 12.8 Å². The molecule has 0 saturated carbocycles. The second-order valence-corrected chi connectivity index (χ2v) is 4.07. The van der Waals surface area contributed by atoms with E-state index in [1.165, 1.54) is 45.6 Å². The van der Waals surface area contributed by atoms with Gasteiger partial charge in [0.15, 0.2) is 0 Å². The SMILES string of the molecule is CN1CCC(CN2CCC2)C1. The van der Waals surface area contributed by atoms with E-state index in [1.54, 1.807) is 0 Å². The van der Waals surface area contributed by atoms with Gasteiger partial charge in [0.25, 0.3) is 0 Å². The lowest BCUT2D eigenvalue weighted by atomic mass is 10.1. The van der Waals surface area contributed by atoms with Crippen LogP contribution in [0, 0.1) is 5.92 Å². The van der Waals surface area contributed by atoms with Gasteiger partial charge in [-0.1, -0.05) is 0 Å². The minimum absolute atomic E-state index is 0.972. The minimum Gasteiger partial charge on any atom is -0.306 e. The Morgan fingerprint density at radius 2 is 2.09 bits per heavy atom. The molecule has 0 amide bonds. The summed E-state index contributed by atoms with van der Waals surface area (Å²) in [6, 6.07) is 0. The molecule has 2 saturated heterocycles. The highest BCUT2D eigenvalue weighted by molar-refractivity contribution is 4.79. The fourth-order valence-corrected chi connectivity index (χ4v) is 2.10. The molecule has 0 aliphatic carbocycles. The molecule has 64 valence electrons. The molecule has 2 heteroatoms. The number of likely N-dealkylation sites (tertiary alicyclic amines) is 2. The highest BCUT2D eigenvalue weighted by atomic mass is 15.2. The lowest BCUT2D eigenvalue weighted by Crippen LogP contribution is -2.40. The summed E-state index contributed by atoms with van der Waals surface area (Å²) in [6.45, 7) is 6.74. The van der Waals surface area contributed by atoms with Crippen molar-refractivity contribution in [3.63, 3.8) is 0 Å². The van der Waals surface area contributed by atoms with E-state index in [4.69, 9.17) is 0 Å². The molecule has 0 bridgehead atoms. The Labute approximate surface area is 69.2 Å². The Morgan fingerprint density at radius 3 is 2.55 bits per heavy atom. The average Bonchev–Trinajstić information content (AvgIpc) is 2.27. The monoisotopic (exact) mass is 154 g/mol. The second-order valence-electron chi connectivity index (χ2n) is 4.07. The van der Waals surface area contributed by atoms with Crippen LogP contribution < -0.4 is 0 Å². The molecule has 0 N–H and O–H groups in total. The quantitative estimate of drug-likeness (QED) is 0.576. The molecule has 0 aromatic rings. The van der Waals surface area contributed by atoms with Crippen molar-refractivity contribution in [1.29, 1.82) is 0 Å². The zero-order valence-corrected chi connectivity index (χ0v) is 7.42. The largest absolute Gasteiger partial charge is 0.306 e. The van der Waals surface area contributed by atoms with Gasteiger partial charge in [-0.3, -0.25) is 0 Å². The van der Waals surface area contributed by atoms with Gasteiger partial charge in [0, 0.05) is 13.1 Å². The summed E-state index contributed by atoms with van der Waals surface area (Å²) in [5.74, 6) is 0.972. The average molecular weight is 154 g/mol. The molecule has 0 spiro atoms. The van der Waals surface area contributed by atoms with Crippen LogP contribution in [0.25, 0.3) is 0 Å². The van der Waals surface area contributed by atoms with Gasteiger partial charge in [-0.15, -0.1) is 0 Å². The molecule has 2 aliphatic rings. The third-order valence-corrected chi connectivity index (χ3v) is 2.95. The maximum atomic E-state index is 2.59. The molecule has 2 aliphatic heterocycles. The molecule has 1 atom stereocenters. The van der Waals surface area contributed by atoms with E-state index in [2.05, 4.69) is 16.8 Å². The number of rotatable bonds is 2. The topological polar surface area (TPSA) is 6.48 Å². The third-order valence-electron chi connectivity index (χ3n) is 2.95. The second kappa shape index (κ2) is 3.11. The lowest BCUT2D eigenvalue weighted by molar-refractivity contribution is 0.153. The first-order valence-electron chi connectivity index (χ1n) is 4.75. The zero-order valence-electron chi connectivity index (χ0n) is 7.42. The summed E-state index contributed by atoms with van der Waals surface area (Å²) in [7, 11) is 2.23. The normalized spacial score (nSPS) is 34.1. The first kappa shape index (κ1) is 7.56. The van der Waals surface area contributed by atoms with Crippen molar-refractivity contribution in [3.8, 4) is 0 Å². The van der Waals surface area contributed by atoms with Crippen LogP contribution in [0.5, 0.6) is 0 Å². The Bertz CT molecular complexity index is 132. The molecule has 1 unspecified atom stereocenters. The molecule has 2 rings (SSSR count).